The predicted octanol–water partition coefficient (Wildman–Crippen LogP) is 4.58. The van der Waals surface area contributed by atoms with Crippen LogP contribution in [0.1, 0.15) is 76.8 Å². The van der Waals surface area contributed by atoms with Crippen LogP contribution in [-0.4, -0.2) is 60.1 Å². The van der Waals surface area contributed by atoms with Crippen LogP contribution in [0.4, 0.5) is 5.69 Å². The van der Waals surface area contributed by atoms with Crippen LogP contribution in [0.2, 0.25) is 0 Å². The lowest BCUT2D eigenvalue weighted by Crippen LogP contribution is -2.35. The molecule has 188 valence electrons. The molecule has 0 radical (unpaired) electrons. The van der Waals surface area contributed by atoms with E-state index in [0.29, 0.717) is 34.5 Å². The van der Waals surface area contributed by atoms with Crippen molar-refractivity contribution in [2.45, 2.75) is 44.9 Å². The molecule has 36 heavy (non-hydrogen) atoms. The van der Waals surface area contributed by atoms with Crippen LogP contribution in [-0.2, 0) is 4.79 Å². The van der Waals surface area contributed by atoms with E-state index < -0.39 is 0 Å². The van der Waals surface area contributed by atoms with Gasteiger partial charge in [0.1, 0.15) is 0 Å². The van der Waals surface area contributed by atoms with E-state index in [1.807, 2.05) is 0 Å². The lowest BCUT2D eigenvalue weighted by atomic mass is 9.82. The molecule has 3 fully saturated rings. The molecule has 4 aliphatic rings. The number of hydrogen-bond donors (Lipinski definition) is 1. The van der Waals surface area contributed by atoms with Crippen molar-refractivity contribution in [2.24, 2.45) is 17.8 Å². The van der Waals surface area contributed by atoms with Crippen molar-refractivity contribution < 1.29 is 14.4 Å². The first-order valence-electron chi connectivity index (χ1n) is 13.6. The Morgan fingerprint density at radius 1 is 0.806 bits per heavy atom. The minimum atomic E-state index is -0.172. The van der Waals surface area contributed by atoms with Crippen molar-refractivity contribution in [3.63, 3.8) is 0 Å². The Balaban J connectivity index is 1.04. The Bertz CT molecular complexity index is 1190. The van der Waals surface area contributed by atoms with Crippen molar-refractivity contribution in [1.82, 2.24) is 9.80 Å². The van der Waals surface area contributed by atoms with Crippen molar-refractivity contribution >= 4 is 23.2 Å². The van der Waals surface area contributed by atoms with Gasteiger partial charge in [0.15, 0.2) is 11.6 Å². The number of nitrogens with one attached hydrogen (secondary N) is 1. The van der Waals surface area contributed by atoms with E-state index in [4.69, 9.17) is 0 Å². The molecule has 1 saturated heterocycles. The fourth-order valence-electron chi connectivity index (χ4n) is 7.20. The van der Waals surface area contributed by atoms with E-state index in [9.17, 15) is 14.4 Å². The Labute approximate surface area is 213 Å². The molecule has 1 N–H and O–H groups in total. The third kappa shape index (κ3) is 4.53. The number of nitrogens with zero attached hydrogens (tertiary/aromatic N) is 2. The van der Waals surface area contributed by atoms with Gasteiger partial charge in [-0.1, -0.05) is 56.4 Å². The largest absolute Gasteiger partial charge is 0.325 e. The number of carbonyl (C=O) groups excluding carboxylic acids is 3. The average molecular weight is 486 g/mol. The smallest absolute Gasteiger partial charge is 0.238 e. The molecule has 1 heterocycles. The summed E-state index contributed by atoms with van der Waals surface area (Å²) in [6.45, 7) is 4.27. The van der Waals surface area contributed by atoms with Gasteiger partial charge in [0.05, 0.1) is 13.2 Å². The number of carbonyl (C=O) groups is 3. The zero-order valence-electron chi connectivity index (χ0n) is 20.9. The standard InChI is InChI=1S/C30H35N3O3/c34-28(18-33-15-14-32(19-33)17-21-8-5-11-23(21)20-6-1-2-7-20)31-22-12-13-26-27(16-22)30(36)25-10-4-3-9-24(25)29(26)35/h3-4,9-10,12-13,16,20-21,23H,1-2,5-8,11,14-15,17-19H2,(H,31,34)/t21-,23?/m1/s1. The van der Waals surface area contributed by atoms with Gasteiger partial charge in [0, 0.05) is 47.6 Å². The molecule has 0 aromatic heterocycles. The van der Waals surface area contributed by atoms with Crippen molar-refractivity contribution in [3.05, 3.63) is 64.7 Å². The molecule has 2 saturated carbocycles. The van der Waals surface area contributed by atoms with Gasteiger partial charge < -0.3 is 5.32 Å². The summed E-state index contributed by atoms with van der Waals surface area (Å²) in [6, 6.07) is 11.9. The molecule has 0 bridgehead atoms. The maximum Gasteiger partial charge on any atom is 0.238 e. The van der Waals surface area contributed by atoms with Crippen LogP contribution in [0.15, 0.2) is 42.5 Å². The second-order valence-electron chi connectivity index (χ2n) is 11.2. The third-order valence-electron chi connectivity index (χ3n) is 8.92. The number of benzene rings is 2. The second kappa shape index (κ2) is 9.91. The molecule has 6 heteroatoms. The van der Waals surface area contributed by atoms with E-state index in [-0.39, 0.29) is 17.5 Å². The zero-order valence-corrected chi connectivity index (χ0v) is 20.9. The molecular formula is C30H35N3O3. The summed E-state index contributed by atoms with van der Waals surface area (Å²) < 4.78 is 0. The third-order valence-corrected chi connectivity index (χ3v) is 8.92. The fourth-order valence-corrected chi connectivity index (χ4v) is 7.20. The number of amides is 1. The quantitative estimate of drug-likeness (QED) is 0.553. The van der Waals surface area contributed by atoms with Gasteiger partial charge in [-0.15, -0.1) is 0 Å². The van der Waals surface area contributed by atoms with Gasteiger partial charge in [-0.25, -0.2) is 0 Å². The minimum absolute atomic E-state index is 0.0866. The van der Waals surface area contributed by atoms with Gasteiger partial charge in [-0.05, 0) is 48.8 Å². The van der Waals surface area contributed by atoms with Gasteiger partial charge >= 0.3 is 0 Å². The minimum Gasteiger partial charge on any atom is -0.325 e. The first kappa shape index (κ1) is 23.6. The van der Waals surface area contributed by atoms with Crippen LogP contribution in [0.25, 0.3) is 0 Å². The van der Waals surface area contributed by atoms with E-state index in [0.717, 1.165) is 37.5 Å². The highest BCUT2D eigenvalue weighted by Crippen LogP contribution is 2.44. The Kier molecular flexibility index (Phi) is 6.48. The van der Waals surface area contributed by atoms with Crippen molar-refractivity contribution in [3.8, 4) is 0 Å². The Morgan fingerprint density at radius 2 is 1.50 bits per heavy atom. The predicted molar refractivity (Wildman–Crippen MR) is 139 cm³/mol. The van der Waals surface area contributed by atoms with Gasteiger partial charge in [0.25, 0.3) is 0 Å². The number of hydrogen-bond acceptors (Lipinski definition) is 5. The summed E-state index contributed by atoms with van der Waals surface area (Å²) in [6.07, 6.45) is 9.86. The highest BCUT2D eigenvalue weighted by molar-refractivity contribution is 6.28. The lowest BCUT2D eigenvalue weighted by Gasteiger charge is -2.29. The second-order valence-corrected chi connectivity index (χ2v) is 11.2. The number of rotatable bonds is 6. The molecular weight excluding hydrogens is 450 g/mol. The molecule has 1 aliphatic heterocycles. The summed E-state index contributed by atoms with van der Waals surface area (Å²) in [5, 5.41) is 2.95. The highest BCUT2D eigenvalue weighted by Gasteiger charge is 2.37. The molecule has 1 unspecified atom stereocenters. The summed E-state index contributed by atoms with van der Waals surface area (Å²) in [4.78, 5) is 43.4. The number of ketones is 2. The van der Waals surface area contributed by atoms with E-state index in [1.165, 1.54) is 51.5 Å². The van der Waals surface area contributed by atoms with Crippen molar-refractivity contribution in [2.75, 3.05) is 38.2 Å². The normalized spacial score (nSPS) is 24.8. The van der Waals surface area contributed by atoms with Crippen LogP contribution in [0.5, 0.6) is 0 Å². The van der Waals surface area contributed by atoms with E-state index in [1.54, 1.807) is 42.5 Å². The molecule has 3 aliphatic carbocycles. The molecule has 6 rings (SSSR count). The zero-order chi connectivity index (χ0) is 24.6. The number of anilines is 1. The maximum absolute atomic E-state index is 13.0. The first-order valence-corrected chi connectivity index (χ1v) is 13.6. The molecule has 2 aromatic rings. The van der Waals surface area contributed by atoms with Crippen LogP contribution in [0, 0.1) is 17.8 Å². The van der Waals surface area contributed by atoms with Gasteiger partial charge in [0.2, 0.25) is 5.91 Å². The molecule has 0 spiro atoms. The first-order chi connectivity index (χ1) is 17.6. The Hall–Kier alpha value is -2.83. The number of fused-ring (bicyclic) bond motifs is 2. The molecule has 1 amide bonds. The molecule has 2 atom stereocenters. The lowest BCUT2D eigenvalue weighted by molar-refractivity contribution is -0.117. The SMILES string of the molecule is O=C(CN1CCN(C[C@H]2CCCC2C2CCCC2)C1)Nc1ccc2c(c1)C(=O)c1ccccc1C2=O. The maximum atomic E-state index is 13.0. The summed E-state index contributed by atoms with van der Waals surface area (Å²) in [5.74, 6) is 2.28. The van der Waals surface area contributed by atoms with Crippen LogP contribution in [0.3, 0.4) is 0 Å². The van der Waals surface area contributed by atoms with Crippen molar-refractivity contribution in [1.29, 1.82) is 0 Å². The molecule has 6 nitrogen and oxygen atoms in total. The van der Waals surface area contributed by atoms with Gasteiger partial charge in [-0.2, -0.15) is 0 Å². The molecule has 2 aromatic carbocycles. The average Bonchev–Trinajstić information content (AvgIpc) is 3.65. The van der Waals surface area contributed by atoms with Gasteiger partial charge in [-0.3, -0.25) is 24.2 Å². The topological polar surface area (TPSA) is 69.7 Å². The van der Waals surface area contributed by atoms with Crippen LogP contribution < -0.4 is 5.32 Å². The van der Waals surface area contributed by atoms with E-state index >= 15 is 0 Å². The van der Waals surface area contributed by atoms with E-state index in [2.05, 4.69) is 15.1 Å². The fraction of sp³-hybridized carbons (Fsp3) is 0.500. The summed E-state index contributed by atoms with van der Waals surface area (Å²) in [5.41, 5.74) is 2.18. The monoisotopic (exact) mass is 485 g/mol. The summed E-state index contributed by atoms with van der Waals surface area (Å²) in [7, 11) is 0. The summed E-state index contributed by atoms with van der Waals surface area (Å²) >= 11 is 0. The Morgan fingerprint density at radius 3 is 2.28 bits per heavy atom. The highest BCUT2D eigenvalue weighted by atomic mass is 16.2. The van der Waals surface area contributed by atoms with Crippen LogP contribution >= 0.6 is 0 Å².